The van der Waals surface area contributed by atoms with Crippen molar-refractivity contribution in [3.63, 3.8) is 0 Å². The first kappa shape index (κ1) is 13.0. The van der Waals surface area contributed by atoms with Crippen LogP contribution in [0.25, 0.3) is 0 Å². The number of fused-ring (bicyclic) bond motifs is 1. The van der Waals surface area contributed by atoms with Crippen LogP contribution in [-0.2, 0) is 13.5 Å². The average Bonchev–Trinajstić information content (AvgIpc) is 2.61. The zero-order chi connectivity index (χ0) is 11.9. The zero-order valence-electron chi connectivity index (χ0n) is 9.40. The fraction of sp³-hybridized carbons (Fsp3) is 0.556. The van der Waals surface area contributed by atoms with Gasteiger partial charge in [0.25, 0.3) is 0 Å². The van der Waals surface area contributed by atoms with Crippen molar-refractivity contribution in [3.8, 4) is 0 Å². The van der Waals surface area contributed by atoms with E-state index in [0.717, 1.165) is 37.5 Å². The molecule has 1 heterocycles. The molecule has 0 radical (unpaired) electrons. The second kappa shape index (κ2) is 5.07. The molecule has 5 unspecified atom stereocenters. The van der Waals surface area contributed by atoms with Gasteiger partial charge in [0.1, 0.15) is 5.44 Å². The highest BCUT2D eigenvalue weighted by atomic mass is 32.6. The van der Waals surface area contributed by atoms with Crippen LogP contribution in [0.15, 0.2) is 0 Å². The molecule has 0 bridgehead atoms. The minimum Gasteiger partial charge on any atom is -0.294 e. The Morgan fingerprint density at radius 1 is 1.62 bits per heavy atom. The zero-order valence-corrected chi connectivity index (χ0v) is 13.6. The predicted molar refractivity (Wildman–Crippen MR) is 79.3 cm³/mol. The van der Waals surface area contributed by atoms with Gasteiger partial charge in [-0.05, 0) is 20.1 Å². The molecule has 2 rings (SSSR count). The van der Waals surface area contributed by atoms with Gasteiger partial charge in [0.05, 0.1) is 5.56 Å². The molecule has 88 valence electrons. The number of rotatable bonds is 2. The number of Topliss-reactive ketones (excluding diaryl/α,β-unsaturated/α-hetero) is 1. The maximum Gasteiger partial charge on any atom is 0.169 e. The summed E-state index contributed by atoms with van der Waals surface area (Å²) in [6.45, 7) is 2.02. The van der Waals surface area contributed by atoms with E-state index in [9.17, 15) is 4.79 Å². The summed E-state index contributed by atoms with van der Waals surface area (Å²) in [6.07, 6.45) is 1.95. The minimum absolute atomic E-state index is 0.164. The van der Waals surface area contributed by atoms with E-state index in [-0.39, 0.29) is 13.2 Å². The molecule has 1 aromatic heterocycles. The van der Waals surface area contributed by atoms with Crippen molar-refractivity contribution < 1.29 is 4.79 Å². The lowest BCUT2D eigenvalue weighted by atomic mass is 9.88. The average molecular weight is 292 g/mol. The summed E-state index contributed by atoms with van der Waals surface area (Å²) in [5.74, 6) is 0.458. The molecule has 0 spiro atoms. The highest BCUT2D eigenvalue weighted by molar-refractivity contribution is 8.63. The maximum absolute atomic E-state index is 12.2. The molecule has 0 N–H and O–H groups in total. The fourth-order valence-electron chi connectivity index (χ4n) is 2.04. The third-order valence-corrected chi connectivity index (χ3v) is 12.8. The van der Waals surface area contributed by atoms with Crippen LogP contribution in [0, 0.1) is 5.92 Å². The lowest BCUT2D eigenvalue weighted by molar-refractivity contribution is 0.0914. The van der Waals surface area contributed by atoms with Crippen molar-refractivity contribution in [1.29, 1.82) is 0 Å². The van der Waals surface area contributed by atoms with E-state index in [1.165, 1.54) is 0 Å². The van der Waals surface area contributed by atoms with Crippen molar-refractivity contribution in [2.24, 2.45) is 13.0 Å². The summed E-state index contributed by atoms with van der Waals surface area (Å²) in [7, 11) is 7.95. The molecule has 0 fully saturated rings. The number of hydrogen-bond donors (Lipinski definition) is 0. The highest BCUT2D eigenvalue weighted by Crippen LogP contribution is 2.65. The Kier molecular flexibility index (Phi) is 4.14. The second-order valence-electron chi connectivity index (χ2n) is 4.07. The molecular formula is C9H16N2OP4. The van der Waals surface area contributed by atoms with Crippen LogP contribution in [0.2, 0.25) is 0 Å². The number of nitrogens with zero attached hydrogens (tertiary/aromatic N) is 2. The topological polar surface area (TPSA) is 34.9 Å². The molecule has 0 aromatic carbocycles. The number of ketones is 1. The number of hydrogen-bond acceptors (Lipinski definition) is 2. The van der Waals surface area contributed by atoms with Gasteiger partial charge in [-0.25, -0.2) is 0 Å². The summed E-state index contributed by atoms with van der Waals surface area (Å²) in [6, 6.07) is 0. The Labute approximate surface area is 103 Å². The molecule has 3 nitrogen and oxygen atoms in total. The van der Waals surface area contributed by atoms with Crippen LogP contribution in [0.1, 0.15) is 29.4 Å². The van der Waals surface area contributed by atoms with Gasteiger partial charge in [-0.1, -0.05) is 14.9 Å². The van der Waals surface area contributed by atoms with E-state index in [4.69, 9.17) is 0 Å². The molecule has 0 saturated carbocycles. The van der Waals surface area contributed by atoms with E-state index in [1.54, 1.807) is 0 Å². The van der Waals surface area contributed by atoms with Gasteiger partial charge < -0.3 is 0 Å². The van der Waals surface area contributed by atoms with Crippen molar-refractivity contribution in [1.82, 2.24) is 9.78 Å². The summed E-state index contributed by atoms with van der Waals surface area (Å²) in [4.78, 5) is 12.2. The summed E-state index contributed by atoms with van der Waals surface area (Å²) in [5, 5.41) is 4.55. The molecular weight excluding hydrogens is 276 g/mol. The standard InChI is InChI=1S/C9H16N2OP4/c1-5-3-4-6-7(8(5)12)9(10-11(6)2)16(14)15-13/h5,15H,3-4,13-14H2,1-2H3. The summed E-state index contributed by atoms with van der Waals surface area (Å²) in [5.41, 5.74) is 3.09. The van der Waals surface area contributed by atoms with Crippen LogP contribution in [0.3, 0.4) is 0 Å². The first-order chi connectivity index (χ1) is 7.56. The first-order valence-corrected chi connectivity index (χ1v) is 11.8. The summed E-state index contributed by atoms with van der Waals surface area (Å²) < 4.78 is 1.90. The molecule has 1 aliphatic rings. The molecule has 5 atom stereocenters. The van der Waals surface area contributed by atoms with E-state index < -0.39 is 0 Å². The van der Waals surface area contributed by atoms with Gasteiger partial charge in [-0.15, -0.1) is 17.9 Å². The Hall–Kier alpha value is 0.600. The van der Waals surface area contributed by atoms with Crippen molar-refractivity contribution in [3.05, 3.63) is 11.3 Å². The molecule has 1 aliphatic carbocycles. The van der Waals surface area contributed by atoms with Gasteiger partial charge in [0, 0.05) is 18.7 Å². The van der Waals surface area contributed by atoms with Gasteiger partial charge in [0.15, 0.2) is 5.78 Å². The molecule has 7 heteroatoms. The molecule has 16 heavy (non-hydrogen) atoms. The monoisotopic (exact) mass is 292 g/mol. The third kappa shape index (κ3) is 2.13. The van der Waals surface area contributed by atoms with E-state index in [1.807, 2.05) is 18.7 Å². The number of carbonyl (C=O) groups is 1. The molecule has 1 aromatic rings. The normalized spacial score (nSPS) is 22.8. The van der Waals surface area contributed by atoms with Crippen molar-refractivity contribution in [2.45, 2.75) is 19.8 Å². The van der Waals surface area contributed by atoms with Crippen LogP contribution < -0.4 is 5.44 Å². The SMILES string of the molecule is CC1CCc2c(c(P(P)PP)nn2C)C1=O. The number of carbonyl (C=O) groups excluding carboxylic acids is 1. The lowest BCUT2D eigenvalue weighted by Gasteiger charge is -2.18. The largest absolute Gasteiger partial charge is 0.294 e. The van der Waals surface area contributed by atoms with Gasteiger partial charge in [0.2, 0.25) is 0 Å². The Balaban J connectivity index is 2.53. The summed E-state index contributed by atoms with van der Waals surface area (Å²) >= 11 is 0. The number of aromatic nitrogens is 2. The van der Waals surface area contributed by atoms with Crippen molar-refractivity contribution in [2.75, 3.05) is 0 Å². The van der Waals surface area contributed by atoms with Crippen LogP contribution in [-0.4, -0.2) is 15.6 Å². The Morgan fingerprint density at radius 2 is 2.31 bits per heavy atom. The highest BCUT2D eigenvalue weighted by Gasteiger charge is 2.31. The van der Waals surface area contributed by atoms with E-state index in [2.05, 4.69) is 23.0 Å². The quantitative estimate of drug-likeness (QED) is 0.785. The molecule has 0 saturated heterocycles. The predicted octanol–water partition coefficient (Wildman–Crippen LogP) is 2.47. The van der Waals surface area contributed by atoms with Gasteiger partial charge in [-0.3, -0.25) is 9.48 Å². The third-order valence-electron chi connectivity index (χ3n) is 3.02. The van der Waals surface area contributed by atoms with Crippen LogP contribution >= 0.6 is 33.1 Å². The Morgan fingerprint density at radius 3 is 2.94 bits per heavy atom. The van der Waals surface area contributed by atoms with E-state index >= 15 is 0 Å². The Bertz CT molecular complexity index is 431. The van der Waals surface area contributed by atoms with Crippen LogP contribution in [0.5, 0.6) is 0 Å². The molecule has 0 aliphatic heterocycles. The first-order valence-electron chi connectivity index (χ1n) is 5.17. The molecule has 0 amide bonds. The smallest absolute Gasteiger partial charge is 0.169 e. The minimum atomic E-state index is -0.358. The van der Waals surface area contributed by atoms with Crippen LogP contribution in [0.4, 0.5) is 0 Å². The maximum atomic E-state index is 12.2. The van der Waals surface area contributed by atoms with Gasteiger partial charge >= 0.3 is 0 Å². The lowest BCUT2D eigenvalue weighted by Crippen LogP contribution is -2.24. The number of aryl methyl sites for hydroxylation is 1. The fourth-order valence-corrected chi connectivity index (χ4v) is 5.36. The van der Waals surface area contributed by atoms with Gasteiger partial charge in [-0.2, -0.15) is 5.10 Å². The second-order valence-corrected chi connectivity index (χ2v) is 13.1. The van der Waals surface area contributed by atoms with Crippen molar-refractivity contribution >= 4 is 44.3 Å². The van der Waals surface area contributed by atoms with E-state index in [0.29, 0.717) is 5.78 Å².